The number of pyridine rings is 1. The molecule has 3 fully saturated rings. The van der Waals surface area contributed by atoms with Crippen molar-refractivity contribution in [3.8, 4) is 0 Å². The van der Waals surface area contributed by atoms with E-state index in [1.807, 2.05) is 0 Å². The number of hydrogen-bond acceptors (Lipinski definition) is 3. The van der Waals surface area contributed by atoms with Crippen molar-refractivity contribution in [3.05, 3.63) is 63.9 Å². The highest BCUT2D eigenvalue weighted by molar-refractivity contribution is 6.30. The highest BCUT2D eigenvalue weighted by Crippen LogP contribution is 2.49. The van der Waals surface area contributed by atoms with Crippen LogP contribution in [-0.4, -0.2) is 33.8 Å². The third-order valence-corrected chi connectivity index (χ3v) is 7.01. The number of nitrogens with zero attached hydrogens (tertiary/aromatic N) is 2. The first-order chi connectivity index (χ1) is 16.0. The molecule has 1 aliphatic heterocycles. The van der Waals surface area contributed by atoms with Crippen LogP contribution in [0.25, 0.3) is 0 Å². The van der Waals surface area contributed by atoms with Crippen molar-refractivity contribution in [2.45, 2.75) is 50.0 Å². The molecular formula is C23H19ClF5N3O2. The number of benzene rings is 1. The highest BCUT2D eigenvalue weighted by Gasteiger charge is 2.56. The number of hydrogen-bond donors (Lipinski definition) is 1. The van der Waals surface area contributed by atoms with Gasteiger partial charge in [0.15, 0.2) is 0 Å². The lowest BCUT2D eigenvalue weighted by Gasteiger charge is -2.29. The summed E-state index contributed by atoms with van der Waals surface area (Å²) in [5.41, 5.74) is -1.34. The van der Waals surface area contributed by atoms with Crippen LogP contribution in [0.5, 0.6) is 0 Å². The minimum atomic E-state index is -4.66. The van der Waals surface area contributed by atoms with E-state index in [0.29, 0.717) is 31.9 Å². The quantitative estimate of drug-likeness (QED) is 0.470. The van der Waals surface area contributed by atoms with Crippen molar-refractivity contribution in [1.82, 2.24) is 15.2 Å². The van der Waals surface area contributed by atoms with Crippen LogP contribution < -0.4 is 5.32 Å². The fourth-order valence-corrected chi connectivity index (χ4v) is 4.90. The van der Waals surface area contributed by atoms with E-state index in [4.69, 9.17) is 11.6 Å². The molecule has 4 atom stereocenters. The maximum Gasteiger partial charge on any atom is 0.417 e. The summed E-state index contributed by atoms with van der Waals surface area (Å²) < 4.78 is 67.8. The molecule has 1 saturated heterocycles. The molecule has 2 aromatic rings. The summed E-state index contributed by atoms with van der Waals surface area (Å²) in [5.74, 6) is -2.84. The Kier molecular flexibility index (Phi) is 5.54. The van der Waals surface area contributed by atoms with E-state index in [2.05, 4.69) is 10.3 Å². The van der Waals surface area contributed by atoms with Gasteiger partial charge >= 0.3 is 6.18 Å². The third-order valence-electron chi connectivity index (χ3n) is 6.72. The van der Waals surface area contributed by atoms with Gasteiger partial charge in [-0.15, -0.1) is 0 Å². The summed E-state index contributed by atoms with van der Waals surface area (Å²) in [4.78, 5) is 31.2. The Bertz CT molecular complexity index is 1170. The van der Waals surface area contributed by atoms with Crippen LogP contribution in [0.3, 0.4) is 0 Å². The zero-order valence-electron chi connectivity index (χ0n) is 17.6. The first-order valence-electron chi connectivity index (χ1n) is 10.8. The van der Waals surface area contributed by atoms with Gasteiger partial charge in [-0.25, -0.2) is 8.78 Å². The molecule has 11 heteroatoms. The molecular weight excluding hydrogens is 481 g/mol. The van der Waals surface area contributed by atoms with E-state index in [-0.39, 0.29) is 34.0 Å². The molecule has 5 nitrogen and oxygen atoms in total. The Morgan fingerprint density at radius 1 is 1.09 bits per heavy atom. The molecule has 5 rings (SSSR count). The van der Waals surface area contributed by atoms with Gasteiger partial charge in [0.1, 0.15) is 17.7 Å². The zero-order chi connectivity index (χ0) is 24.4. The van der Waals surface area contributed by atoms with Crippen molar-refractivity contribution in [3.63, 3.8) is 0 Å². The molecule has 2 heterocycles. The molecule has 2 saturated carbocycles. The normalized spacial score (nSPS) is 24.5. The standard InChI is InChI=1S/C23H19ClF5N3O2/c24-15-7-16(25)14(6-17(15)26)20(10-1-2-10)31-21(33)19-5-11-4-18(11)32(19)22(34)12-3-13(9-30-8-12)23(27,28)29/h3,6-11,18-20H,1-2,4-5H2,(H,31,33)/t11-,18-,19-,20?/m1/s1. The van der Waals surface area contributed by atoms with Crippen LogP contribution in [-0.2, 0) is 11.0 Å². The Balaban J connectivity index is 1.38. The summed E-state index contributed by atoms with van der Waals surface area (Å²) >= 11 is 5.65. The van der Waals surface area contributed by atoms with E-state index >= 15 is 0 Å². The molecule has 1 aromatic heterocycles. The third kappa shape index (κ3) is 4.23. The molecule has 0 spiro atoms. The molecule has 0 bridgehead atoms. The van der Waals surface area contributed by atoms with E-state index < -0.39 is 47.3 Å². The van der Waals surface area contributed by atoms with E-state index in [0.717, 1.165) is 24.4 Å². The lowest BCUT2D eigenvalue weighted by molar-refractivity contribution is -0.137. The van der Waals surface area contributed by atoms with Gasteiger partial charge in [-0.3, -0.25) is 14.6 Å². The second kappa shape index (κ2) is 8.18. The second-order valence-corrected chi connectivity index (χ2v) is 9.51. The van der Waals surface area contributed by atoms with Gasteiger partial charge in [0.05, 0.1) is 22.2 Å². The van der Waals surface area contributed by atoms with Crippen molar-refractivity contribution in [1.29, 1.82) is 0 Å². The lowest BCUT2D eigenvalue weighted by Crippen LogP contribution is -2.49. The number of piperidine rings is 1. The van der Waals surface area contributed by atoms with Gasteiger partial charge in [0.2, 0.25) is 5.91 Å². The predicted octanol–water partition coefficient (Wildman–Crippen LogP) is 4.90. The van der Waals surface area contributed by atoms with Crippen LogP contribution in [0.2, 0.25) is 5.02 Å². The fraction of sp³-hybridized carbons (Fsp3) is 0.435. The summed E-state index contributed by atoms with van der Waals surface area (Å²) in [5, 5.41) is 2.39. The van der Waals surface area contributed by atoms with E-state index in [1.54, 1.807) is 0 Å². The summed E-state index contributed by atoms with van der Waals surface area (Å²) in [6, 6.07) is 0.565. The number of nitrogens with one attached hydrogen (secondary N) is 1. The van der Waals surface area contributed by atoms with E-state index in [1.165, 1.54) is 4.90 Å². The molecule has 2 aliphatic carbocycles. The topological polar surface area (TPSA) is 62.3 Å². The molecule has 1 unspecified atom stereocenters. The number of amides is 2. The van der Waals surface area contributed by atoms with Crippen LogP contribution in [0.4, 0.5) is 22.0 Å². The van der Waals surface area contributed by atoms with Gasteiger partial charge < -0.3 is 10.2 Å². The number of fused-ring (bicyclic) bond motifs is 1. The predicted molar refractivity (Wildman–Crippen MR) is 111 cm³/mol. The SMILES string of the molecule is O=C(NC(c1cc(F)c(Cl)cc1F)C1CC1)[C@H]1C[C@H]2C[C@H]2N1C(=O)c1cncc(C(F)(F)F)c1. The molecule has 3 aliphatic rings. The highest BCUT2D eigenvalue weighted by atomic mass is 35.5. The summed E-state index contributed by atoms with van der Waals surface area (Å²) in [7, 11) is 0. The summed E-state index contributed by atoms with van der Waals surface area (Å²) in [6.07, 6.45) is -0.560. The Labute approximate surface area is 196 Å². The van der Waals surface area contributed by atoms with Crippen LogP contribution in [0, 0.1) is 23.5 Å². The van der Waals surface area contributed by atoms with Gasteiger partial charge in [-0.2, -0.15) is 13.2 Å². The zero-order valence-corrected chi connectivity index (χ0v) is 18.3. The van der Waals surface area contributed by atoms with Crippen molar-refractivity contribution >= 4 is 23.4 Å². The van der Waals surface area contributed by atoms with Gasteiger partial charge in [0, 0.05) is 24.0 Å². The van der Waals surface area contributed by atoms with Crippen LogP contribution >= 0.6 is 11.6 Å². The van der Waals surface area contributed by atoms with Crippen molar-refractivity contribution in [2.75, 3.05) is 0 Å². The lowest BCUT2D eigenvalue weighted by atomic mass is 10.00. The minimum absolute atomic E-state index is 0.0270. The fourth-order valence-electron chi connectivity index (χ4n) is 4.75. The summed E-state index contributed by atoms with van der Waals surface area (Å²) in [6.45, 7) is 0. The smallest absolute Gasteiger partial charge is 0.347 e. The average molecular weight is 500 g/mol. The van der Waals surface area contributed by atoms with Gasteiger partial charge in [-0.05, 0) is 55.7 Å². The number of carbonyl (C=O) groups excluding carboxylic acids is 2. The van der Waals surface area contributed by atoms with Crippen molar-refractivity contribution < 1.29 is 31.5 Å². The molecule has 1 N–H and O–H groups in total. The number of halogens is 6. The maximum absolute atomic E-state index is 14.6. The molecule has 0 radical (unpaired) electrons. The Morgan fingerprint density at radius 2 is 1.82 bits per heavy atom. The number of likely N-dealkylation sites (tertiary alicyclic amines) is 1. The molecule has 34 heavy (non-hydrogen) atoms. The van der Waals surface area contributed by atoms with Crippen LogP contribution in [0.1, 0.15) is 53.2 Å². The molecule has 2 amide bonds. The van der Waals surface area contributed by atoms with Crippen LogP contribution in [0.15, 0.2) is 30.6 Å². The maximum atomic E-state index is 14.6. The number of carbonyl (C=O) groups is 2. The molecule has 180 valence electrons. The first kappa shape index (κ1) is 23.0. The van der Waals surface area contributed by atoms with Gasteiger partial charge in [0.25, 0.3) is 5.91 Å². The Hall–Kier alpha value is -2.75. The number of rotatable bonds is 5. The first-order valence-corrected chi connectivity index (χ1v) is 11.2. The number of aromatic nitrogens is 1. The van der Waals surface area contributed by atoms with Gasteiger partial charge in [-0.1, -0.05) is 11.6 Å². The Morgan fingerprint density at radius 3 is 2.50 bits per heavy atom. The molecule has 1 aromatic carbocycles. The minimum Gasteiger partial charge on any atom is -0.347 e. The van der Waals surface area contributed by atoms with Crippen molar-refractivity contribution in [2.24, 2.45) is 11.8 Å². The van der Waals surface area contributed by atoms with E-state index in [9.17, 15) is 31.5 Å². The average Bonchev–Trinajstić information content (AvgIpc) is 3.72. The monoisotopic (exact) mass is 499 g/mol. The second-order valence-electron chi connectivity index (χ2n) is 9.10. The number of alkyl halides is 3. The largest absolute Gasteiger partial charge is 0.417 e.